The van der Waals surface area contributed by atoms with E-state index in [1.165, 1.54) is 6.08 Å². The lowest BCUT2D eigenvalue weighted by atomic mass is 10.0. The molecule has 0 aliphatic carbocycles. The molecule has 0 atom stereocenters. The van der Waals surface area contributed by atoms with Crippen molar-refractivity contribution in [3.8, 4) is 23.3 Å². The molecule has 7 nitrogen and oxygen atoms in total. The number of anilines is 4. The maximum atomic E-state index is 9.01. The Bertz CT molecular complexity index is 1400. The molecule has 0 aliphatic heterocycles. The molecule has 4 aromatic rings. The van der Waals surface area contributed by atoms with E-state index in [0.29, 0.717) is 17.3 Å². The quantitative estimate of drug-likeness (QED) is 0.349. The topological polar surface area (TPSA) is 110 Å². The average Bonchev–Trinajstić information content (AvgIpc) is 2.86. The van der Waals surface area contributed by atoms with E-state index in [9.17, 15) is 0 Å². The van der Waals surface area contributed by atoms with Crippen molar-refractivity contribution in [1.29, 1.82) is 10.5 Å². The molecule has 0 bridgehead atoms. The number of hydrogen-bond acceptors (Lipinski definition) is 7. The molecule has 0 spiro atoms. The minimum absolute atomic E-state index is 0.420. The van der Waals surface area contributed by atoms with Crippen molar-refractivity contribution in [2.24, 2.45) is 0 Å². The fraction of sp³-hybridized carbons (Fsp3) is 0.0741. The standard InChI is InChI=1S/C27H21N7/c1-18-13-21(5-3-11-28)14-19(2)25(18)33-26-24(22-6-4-12-30-16-22)17-31-27(34-26)32-23-9-7-20(15-29)8-10-23/h3-10,12-14,16-17H,1-2H3,(H2,31,32,33,34)/b5-3+. The highest BCUT2D eigenvalue weighted by Gasteiger charge is 2.13. The van der Waals surface area contributed by atoms with Gasteiger partial charge < -0.3 is 10.6 Å². The molecule has 2 N–H and O–H groups in total. The molecule has 0 fully saturated rings. The second kappa shape index (κ2) is 10.1. The third-order valence-corrected chi connectivity index (χ3v) is 5.18. The maximum absolute atomic E-state index is 9.01. The Morgan fingerprint density at radius 1 is 0.941 bits per heavy atom. The number of rotatable bonds is 6. The van der Waals surface area contributed by atoms with Gasteiger partial charge in [0.25, 0.3) is 0 Å². The molecule has 0 unspecified atom stereocenters. The molecule has 0 radical (unpaired) electrons. The fourth-order valence-corrected chi connectivity index (χ4v) is 3.57. The van der Waals surface area contributed by atoms with Gasteiger partial charge in [-0.2, -0.15) is 15.5 Å². The molecule has 7 heteroatoms. The molecular weight excluding hydrogens is 422 g/mol. The Morgan fingerprint density at radius 3 is 2.35 bits per heavy atom. The number of nitrogens with one attached hydrogen (secondary N) is 2. The monoisotopic (exact) mass is 443 g/mol. The van der Waals surface area contributed by atoms with E-state index in [2.05, 4.69) is 26.7 Å². The normalized spacial score (nSPS) is 10.5. The number of benzene rings is 2. The van der Waals surface area contributed by atoms with Crippen LogP contribution in [0.1, 0.15) is 22.3 Å². The van der Waals surface area contributed by atoms with E-state index in [-0.39, 0.29) is 0 Å². The summed E-state index contributed by atoms with van der Waals surface area (Å²) in [6.07, 6.45) is 8.50. The zero-order chi connectivity index (χ0) is 23.9. The van der Waals surface area contributed by atoms with Crippen LogP contribution in [0.4, 0.5) is 23.1 Å². The van der Waals surface area contributed by atoms with Crippen LogP contribution >= 0.6 is 0 Å². The van der Waals surface area contributed by atoms with E-state index >= 15 is 0 Å². The molecule has 2 aromatic carbocycles. The van der Waals surface area contributed by atoms with Gasteiger partial charge in [0.15, 0.2) is 0 Å². The molecular formula is C27H21N7. The van der Waals surface area contributed by atoms with Crippen LogP contribution in [0.3, 0.4) is 0 Å². The summed E-state index contributed by atoms with van der Waals surface area (Å²) >= 11 is 0. The Labute approximate surface area is 198 Å². The molecule has 0 amide bonds. The molecule has 0 saturated heterocycles. The van der Waals surface area contributed by atoms with Crippen LogP contribution in [0.5, 0.6) is 0 Å². The summed E-state index contributed by atoms with van der Waals surface area (Å²) in [5.41, 5.74) is 7.00. The van der Waals surface area contributed by atoms with Gasteiger partial charge in [-0.05, 0) is 79.1 Å². The average molecular weight is 444 g/mol. The number of nitrogens with zero attached hydrogens (tertiary/aromatic N) is 5. The minimum Gasteiger partial charge on any atom is -0.339 e. The first-order valence-electron chi connectivity index (χ1n) is 10.6. The third-order valence-electron chi connectivity index (χ3n) is 5.18. The molecule has 164 valence electrons. The van der Waals surface area contributed by atoms with Gasteiger partial charge in [-0.25, -0.2) is 4.98 Å². The molecule has 2 heterocycles. The first kappa shape index (κ1) is 22.2. The van der Waals surface area contributed by atoms with E-state index in [1.807, 2.05) is 56.3 Å². The largest absolute Gasteiger partial charge is 0.339 e. The summed E-state index contributed by atoms with van der Waals surface area (Å²) in [4.78, 5) is 13.5. The Morgan fingerprint density at radius 2 is 1.71 bits per heavy atom. The number of pyridine rings is 1. The molecule has 0 saturated carbocycles. The predicted octanol–water partition coefficient (Wildman–Crippen LogP) is 6.05. The Balaban J connectivity index is 1.73. The highest BCUT2D eigenvalue weighted by molar-refractivity contribution is 5.80. The SMILES string of the molecule is Cc1cc(/C=C/C#N)cc(C)c1Nc1nc(Nc2ccc(C#N)cc2)ncc1-c1cccnc1. The highest BCUT2D eigenvalue weighted by Crippen LogP contribution is 2.32. The summed E-state index contributed by atoms with van der Waals surface area (Å²) in [7, 11) is 0. The summed E-state index contributed by atoms with van der Waals surface area (Å²) in [6, 6.07) is 19.1. The second-order valence-corrected chi connectivity index (χ2v) is 7.63. The summed E-state index contributed by atoms with van der Waals surface area (Å²) in [6.45, 7) is 4.03. The van der Waals surface area contributed by atoms with E-state index < -0.39 is 0 Å². The Kier molecular flexibility index (Phi) is 6.58. The summed E-state index contributed by atoms with van der Waals surface area (Å²) in [5.74, 6) is 1.05. The number of nitriles is 2. The second-order valence-electron chi connectivity index (χ2n) is 7.63. The number of aryl methyl sites for hydroxylation is 2. The number of allylic oxidation sites excluding steroid dienone is 1. The lowest BCUT2D eigenvalue weighted by Gasteiger charge is -2.17. The number of hydrogen-bond donors (Lipinski definition) is 2. The van der Waals surface area contributed by atoms with Gasteiger partial charge in [-0.1, -0.05) is 6.07 Å². The van der Waals surface area contributed by atoms with Gasteiger partial charge in [0.2, 0.25) is 5.95 Å². The van der Waals surface area contributed by atoms with Crippen LogP contribution in [0, 0.1) is 36.5 Å². The predicted molar refractivity (Wildman–Crippen MR) is 134 cm³/mol. The maximum Gasteiger partial charge on any atom is 0.229 e. The van der Waals surface area contributed by atoms with Crippen LogP contribution in [0.15, 0.2) is 73.2 Å². The molecule has 34 heavy (non-hydrogen) atoms. The van der Waals surface area contributed by atoms with Crippen LogP contribution < -0.4 is 10.6 Å². The van der Waals surface area contributed by atoms with Crippen molar-refractivity contribution in [1.82, 2.24) is 15.0 Å². The van der Waals surface area contributed by atoms with Crippen molar-refractivity contribution >= 4 is 29.2 Å². The smallest absolute Gasteiger partial charge is 0.229 e. The lowest BCUT2D eigenvalue weighted by Crippen LogP contribution is -2.05. The van der Waals surface area contributed by atoms with Gasteiger partial charge in [-0.3, -0.25) is 4.98 Å². The zero-order valence-corrected chi connectivity index (χ0v) is 18.7. The van der Waals surface area contributed by atoms with Crippen molar-refractivity contribution < 1.29 is 0 Å². The van der Waals surface area contributed by atoms with Crippen molar-refractivity contribution in [3.05, 3.63) is 95.5 Å². The molecule has 2 aromatic heterocycles. The van der Waals surface area contributed by atoms with E-state index in [0.717, 1.165) is 39.2 Å². The molecule has 0 aliphatic rings. The zero-order valence-electron chi connectivity index (χ0n) is 18.7. The van der Waals surface area contributed by atoms with E-state index in [1.54, 1.807) is 36.8 Å². The van der Waals surface area contributed by atoms with Crippen LogP contribution in [-0.2, 0) is 0 Å². The first-order chi connectivity index (χ1) is 16.6. The molecule has 4 rings (SSSR count). The third kappa shape index (κ3) is 5.07. The Hall–Kier alpha value is -5.01. The van der Waals surface area contributed by atoms with Crippen molar-refractivity contribution in [2.45, 2.75) is 13.8 Å². The minimum atomic E-state index is 0.420. The summed E-state index contributed by atoms with van der Waals surface area (Å²) < 4.78 is 0. The van der Waals surface area contributed by atoms with E-state index in [4.69, 9.17) is 15.5 Å². The fourth-order valence-electron chi connectivity index (χ4n) is 3.57. The van der Waals surface area contributed by atoms with Crippen LogP contribution in [0.2, 0.25) is 0 Å². The van der Waals surface area contributed by atoms with Gasteiger partial charge in [0.1, 0.15) is 5.82 Å². The first-order valence-corrected chi connectivity index (χ1v) is 10.6. The highest BCUT2D eigenvalue weighted by atomic mass is 15.1. The van der Waals surface area contributed by atoms with Crippen LogP contribution in [-0.4, -0.2) is 15.0 Å². The van der Waals surface area contributed by atoms with Gasteiger partial charge in [0, 0.05) is 47.2 Å². The van der Waals surface area contributed by atoms with Gasteiger partial charge in [-0.15, -0.1) is 0 Å². The van der Waals surface area contributed by atoms with Crippen LogP contribution in [0.25, 0.3) is 17.2 Å². The number of aromatic nitrogens is 3. The van der Waals surface area contributed by atoms with Gasteiger partial charge in [0.05, 0.1) is 17.7 Å². The summed E-state index contributed by atoms with van der Waals surface area (Å²) in [5, 5.41) is 24.5. The van der Waals surface area contributed by atoms with Gasteiger partial charge >= 0.3 is 0 Å². The lowest BCUT2D eigenvalue weighted by molar-refractivity contribution is 1.16. The van der Waals surface area contributed by atoms with Crippen molar-refractivity contribution in [3.63, 3.8) is 0 Å². The van der Waals surface area contributed by atoms with Crippen molar-refractivity contribution in [2.75, 3.05) is 10.6 Å².